The van der Waals surface area contributed by atoms with Crippen LogP contribution in [0.4, 0.5) is 0 Å². The SMILES string of the molecule is CC(C)(COCCC[Si](Cl)(Cl)Cl)OBr. The van der Waals surface area contributed by atoms with E-state index in [0.717, 1.165) is 6.42 Å². The highest BCUT2D eigenvalue weighted by Crippen LogP contribution is 2.26. The summed E-state index contributed by atoms with van der Waals surface area (Å²) >= 11 is 20.1. The molecule has 0 unspecified atom stereocenters. The Labute approximate surface area is 109 Å². The topological polar surface area (TPSA) is 18.5 Å². The summed E-state index contributed by atoms with van der Waals surface area (Å²) in [5.74, 6) is 0. The number of ether oxygens (including phenoxy) is 1. The van der Waals surface area contributed by atoms with Gasteiger partial charge in [-0.1, -0.05) is 0 Å². The molecule has 0 saturated carbocycles. The van der Waals surface area contributed by atoms with Gasteiger partial charge in [-0.05, 0) is 26.3 Å². The number of rotatable bonds is 7. The summed E-state index contributed by atoms with van der Waals surface area (Å²) in [6.07, 6.45) is 0.779. The standard InChI is InChI=1S/C7H14BrCl3O2Si/c1-7(2,13-8)6-12-4-3-5-14(9,10)11/h3-6H2,1-2H3. The fourth-order valence-corrected chi connectivity index (χ4v) is 2.56. The molecule has 0 aromatic rings. The van der Waals surface area contributed by atoms with Crippen molar-refractivity contribution in [1.82, 2.24) is 0 Å². The lowest BCUT2D eigenvalue weighted by Gasteiger charge is -2.20. The van der Waals surface area contributed by atoms with Gasteiger partial charge < -0.3 is 4.74 Å². The van der Waals surface area contributed by atoms with Crippen molar-refractivity contribution >= 4 is 55.5 Å². The van der Waals surface area contributed by atoms with Gasteiger partial charge in [-0.15, -0.1) is 33.2 Å². The van der Waals surface area contributed by atoms with Gasteiger partial charge in [-0.2, -0.15) is 0 Å². The molecule has 0 rings (SSSR count). The molecule has 0 bridgehead atoms. The first-order valence-corrected chi connectivity index (χ1v) is 10.1. The summed E-state index contributed by atoms with van der Waals surface area (Å²) in [7, 11) is 0. The molecule has 2 nitrogen and oxygen atoms in total. The van der Waals surface area contributed by atoms with Gasteiger partial charge >= 0.3 is 6.00 Å². The summed E-state index contributed by atoms with van der Waals surface area (Å²) in [5.41, 5.74) is -0.322. The molecular formula is C7H14BrCl3O2Si. The van der Waals surface area contributed by atoms with Crippen LogP contribution in [0.1, 0.15) is 20.3 Å². The van der Waals surface area contributed by atoms with Crippen LogP contribution in [0.15, 0.2) is 0 Å². The van der Waals surface area contributed by atoms with Crippen molar-refractivity contribution in [2.45, 2.75) is 31.9 Å². The van der Waals surface area contributed by atoms with E-state index in [2.05, 4.69) is 16.3 Å². The van der Waals surface area contributed by atoms with E-state index in [1.807, 2.05) is 13.8 Å². The maximum atomic E-state index is 5.71. The second-order valence-electron chi connectivity index (χ2n) is 3.61. The van der Waals surface area contributed by atoms with E-state index in [4.69, 9.17) is 41.8 Å². The molecule has 0 aliphatic rings. The third-order valence-electron chi connectivity index (χ3n) is 1.41. The lowest BCUT2D eigenvalue weighted by atomic mass is 10.2. The van der Waals surface area contributed by atoms with Crippen LogP contribution in [0.25, 0.3) is 0 Å². The van der Waals surface area contributed by atoms with E-state index in [9.17, 15) is 0 Å². The van der Waals surface area contributed by atoms with Gasteiger partial charge in [0.2, 0.25) is 0 Å². The highest BCUT2D eigenvalue weighted by molar-refractivity contribution is 9.06. The molecule has 14 heavy (non-hydrogen) atoms. The van der Waals surface area contributed by atoms with E-state index in [0.29, 0.717) is 19.3 Å². The molecular weight excluding hydrogens is 330 g/mol. The van der Waals surface area contributed by atoms with Crippen LogP contribution in [-0.4, -0.2) is 24.8 Å². The smallest absolute Gasteiger partial charge is 0.341 e. The molecule has 86 valence electrons. The highest BCUT2D eigenvalue weighted by atomic mass is 79.9. The number of hydrogen-bond acceptors (Lipinski definition) is 2. The largest absolute Gasteiger partial charge is 0.378 e. The molecule has 0 aromatic carbocycles. The number of hydrogen-bond donors (Lipinski definition) is 0. The molecule has 7 heteroatoms. The van der Waals surface area contributed by atoms with E-state index in [-0.39, 0.29) is 5.60 Å². The minimum atomic E-state index is -2.47. The summed E-state index contributed by atoms with van der Waals surface area (Å²) in [6.45, 7) is 4.96. The molecule has 0 aromatic heterocycles. The molecule has 0 radical (unpaired) electrons. The quantitative estimate of drug-likeness (QED) is 0.392. The third kappa shape index (κ3) is 10.0. The Balaban J connectivity index is 3.39. The molecule has 0 atom stereocenters. The molecule has 0 N–H and O–H groups in total. The van der Waals surface area contributed by atoms with Crippen LogP contribution in [0.5, 0.6) is 0 Å². The molecule has 0 heterocycles. The zero-order chi connectivity index (χ0) is 11.2. The molecule has 0 spiro atoms. The maximum absolute atomic E-state index is 5.71. The van der Waals surface area contributed by atoms with Crippen LogP contribution in [0.2, 0.25) is 6.04 Å². The van der Waals surface area contributed by atoms with Crippen molar-refractivity contribution in [3.63, 3.8) is 0 Å². The van der Waals surface area contributed by atoms with Crippen molar-refractivity contribution < 1.29 is 8.57 Å². The van der Waals surface area contributed by atoms with Crippen molar-refractivity contribution in [1.29, 1.82) is 0 Å². The predicted molar refractivity (Wildman–Crippen MR) is 67.6 cm³/mol. The second-order valence-corrected chi connectivity index (χ2v) is 13.2. The molecule has 0 aliphatic carbocycles. The summed E-state index contributed by atoms with van der Waals surface area (Å²) in [4.78, 5) is 0. The molecule has 0 amide bonds. The van der Waals surface area contributed by atoms with Gasteiger partial charge in [0.15, 0.2) is 0 Å². The van der Waals surface area contributed by atoms with Crippen molar-refractivity contribution in [3.8, 4) is 0 Å². The Kier molecular flexibility index (Phi) is 7.68. The average Bonchev–Trinajstić information content (AvgIpc) is 2.01. The zero-order valence-electron chi connectivity index (χ0n) is 8.16. The van der Waals surface area contributed by atoms with Crippen molar-refractivity contribution in [2.24, 2.45) is 0 Å². The van der Waals surface area contributed by atoms with E-state index in [1.165, 1.54) is 0 Å². The van der Waals surface area contributed by atoms with Gasteiger partial charge in [0.25, 0.3) is 0 Å². The molecule has 0 fully saturated rings. The maximum Gasteiger partial charge on any atom is 0.341 e. The Morgan fingerprint density at radius 1 is 1.29 bits per heavy atom. The van der Waals surface area contributed by atoms with Gasteiger partial charge in [-0.25, -0.2) is 0 Å². The van der Waals surface area contributed by atoms with Crippen molar-refractivity contribution in [3.05, 3.63) is 0 Å². The Bertz CT molecular complexity index is 164. The minimum Gasteiger partial charge on any atom is -0.378 e. The minimum absolute atomic E-state index is 0.322. The van der Waals surface area contributed by atoms with Crippen LogP contribution in [0, 0.1) is 0 Å². The molecule has 0 aliphatic heterocycles. The van der Waals surface area contributed by atoms with Crippen molar-refractivity contribution in [2.75, 3.05) is 13.2 Å². The first-order chi connectivity index (χ1) is 6.27. The lowest BCUT2D eigenvalue weighted by molar-refractivity contribution is 0.0148. The lowest BCUT2D eigenvalue weighted by Crippen LogP contribution is -2.27. The Hall–Kier alpha value is 1.49. The van der Waals surface area contributed by atoms with Gasteiger partial charge in [0.1, 0.15) is 5.60 Å². The predicted octanol–water partition coefficient (Wildman–Crippen LogP) is 4.15. The van der Waals surface area contributed by atoms with Gasteiger partial charge in [0, 0.05) is 6.61 Å². The monoisotopic (exact) mass is 342 g/mol. The van der Waals surface area contributed by atoms with E-state index < -0.39 is 6.00 Å². The fourth-order valence-electron chi connectivity index (χ4n) is 0.715. The van der Waals surface area contributed by atoms with Crippen LogP contribution < -0.4 is 0 Å². The first-order valence-electron chi connectivity index (χ1n) is 4.21. The fraction of sp³-hybridized carbons (Fsp3) is 1.00. The van der Waals surface area contributed by atoms with E-state index in [1.54, 1.807) is 0 Å². The summed E-state index contributed by atoms with van der Waals surface area (Å²) in [6, 6.07) is -1.83. The van der Waals surface area contributed by atoms with Gasteiger partial charge in [0.05, 0.1) is 22.9 Å². The Morgan fingerprint density at radius 2 is 1.86 bits per heavy atom. The zero-order valence-corrected chi connectivity index (χ0v) is 13.0. The average molecular weight is 345 g/mol. The van der Waals surface area contributed by atoms with Crippen LogP contribution in [0.3, 0.4) is 0 Å². The number of halogens is 4. The highest BCUT2D eigenvalue weighted by Gasteiger charge is 2.24. The Morgan fingerprint density at radius 3 is 2.29 bits per heavy atom. The van der Waals surface area contributed by atoms with Crippen LogP contribution >= 0.6 is 49.5 Å². The van der Waals surface area contributed by atoms with Gasteiger partial charge in [-0.3, -0.25) is 3.83 Å². The third-order valence-corrected chi connectivity index (χ3v) is 4.91. The van der Waals surface area contributed by atoms with Crippen LogP contribution in [-0.2, 0) is 8.57 Å². The normalized spacial score (nSPS) is 13.3. The summed E-state index contributed by atoms with van der Waals surface area (Å²) in [5, 5.41) is 0. The van der Waals surface area contributed by atoms with E-state index >= 15 is 0 Å². The molecule has 0 saturated heterocycles. The first kappa shape index (κ1) is 15.5. The summed E-state index contributed by atoms with van der Waals surface area (Å²) < 4.78 is 10.4. The second kappa shape index (κ2) is 6.94.